The number of benzene rings is 3. The van der Waals surface area contributed by atoms with Crippen molar-refractivity contribution in [3.63, 3.8) is 0 Å². The molecule has 4 nitrogen and oxygen atoms in total. The number of carbonyl (C=O) groups is 2. The zero-order chi connectivity index (χ0) is 26.1. The van der Waals surface area contributed by atoms with Gasteiger partial charge in [0.1, 0.15) is 0 Å². The Kier molecular flexibility index (Phi) is 6.76. The van der Waals surface area contributed by atoms with Crippen LogP contribution in [0, 0.1) is 5.41 Å². The summed E-state index contributed by atoms with van der Waals surface area (Å²) in [5.41, 5.74) is 6.58. The number of alkyl halides is 3. The number of rotatable bonds is 8. The third kappa shape index (κ3) is 5.05. The molecule has 0 saturated carbocycles. The molecule has 1 heterocycles. The molecule has 2 N–H and O–H groups in total. The number of nitrogens with zero attached hydrogens (tertiary/aromatic N) is 1. The summed E-state index contributed by atoms with van der Waals surface area (Å²) in [7, 11) is 0. The molecule has 3 aromatic carbocycles. The molecule has 0 spiro atoms. The van der Waals surface area contributed by atoms with Crippen molar-refractivity contribution in [2.24, 2.45) is 11.1 Å². The molecule has 186 valence electrons. The highest BCUT2D eigenvalue weighted by Crippen LogP contribution is 2.40. The number of amides is 1. The van der Waals surface area contributed by atoms with Crippen molar-refractivity contribution in [3.05, 3.63) is 95.6 Å². The number of hydrogen-bond donors (Lipinski definition) is 1. The van der Waals surface area contributed by atoms with Crippen LogP contribution in [-0.2, 0) is 23.9 Å². The van der Waals surface area contributed by atoms with Gasteiger partial charge < -0.3 is 10.3 Å². The Hall–Kier alpha value is -3.87. The first-order chi connectivity index (χ1) is 17.0. The second-order valence-electron chi connectivity index (χ2n) is 9.56. The second-order valence-corrected chi connectivity index (χ2v) is 9.56. The Morgan fingerprint density at radius 1 is 0.889 bits per heavy atom. The molecule has 0 saturated heterocycles. The maximum absolute atomic E-state index is 13.7. The van der Waals surface area contributed by atoms with Gasteiger partial charge in [0.15, 0.2) is 5.78 Å². The minimum atomic E-state index is -4.57. The molecule has 0 fully saturated rings. The van der Waals surface area contributed by atoms with Gasteiger partial charge >= 0.3 is 6.18 Å². The number of fused-ring (bicyclic) bond motifs is 1. The van der Waals surface area contributed by atoms with Crippen molar-refractivity contribution in [1.29, 1.82) is 0 Å². The average molecular weight is 493 g/mol. The average Bonchev–Trinajstić information content (AvgIpc) is 3.16. The predicted molar refractivity (Wildman–Crippen MR) is 134 cm³/mol. The third-order valence-corrected chi connectivity index (χ3v) is 6.42. The molecule has 0 aliphatic heterocycles. The standard InChI is InChI=1S/C29H27F3N2O2/c1-28(2,27(33)36)18-34-23-15-14-21(29(30,31)32)17-22(23)25(26(34)20-11-7-4-8-12-20)24(35)16-13-19-9-5-3-6-10-19/h3-12,14-15,17H,13,16,18H2,1-2H3,(H2,33,36). The van der Waals surface area contributed by atoms with Crippen molar-refractivity contribution >= 4 is 22.6 Å². The number of ketones is 1. The zero-order valence-electron chi connectivity index (χ0n) is 20.1. The number of hydrogen-bond acceptors (Lipinski definition) is 2. The maximum Gasteiger partial charge on any atom is 0.416 e. The van der Waals surface area contributed by atoms with E-state index in [1.807, 2.05) is 36.4 Å². The van der Waals surface area contributed by atoms with Gasteiger partial charge in [0, 0.05) is 23.9 Å². The molecule has 4 aromatic rings. The van der Waals surface area contributed by atoms with Crippen molar-refractivity contribution < 1.29 is 22.8 Å². The lowest BCUT2D eigenvalue weighted by Gasteiger charge is -2.24. The van der Waals surface area contributed by atoms with Crippen LogP contribution < -0.4 is 5.73 Å². The van der Waals surface area contributed by atoms with Gasteiger partial charge in [-0.25, -0.2) is 0 Å². The highest BCUT2D eigenvalue weighted by atomic mass is 19.4. The fourth-order valence-corrected chi connectivity index (χ4v) is 4.37. The van der Waals surface area contributed by atoms with Gasteiger partial charge in [0.25, 0.3) is 0 Å². The number of aryl methyl sites for hydroxylation is 1. The van der Waals surface area contributed by atoms with Gasteiger partial charge in [-0.1, -0.05) is 60.7 Å². The van der Waals surface area contributed by atoms with Gasteiger partial charge in [0.05, 0.1) is 22.2 Å². The van der Waals surface area contributed by atoms with E-state index in [-0.39, 0.29) is 29.7 Å². The maximum atomic E-state index is 13.7. The van der Waals surface area contributed by atoms with E-state index in [1.165, 1.54) is 6.07 Å². The lowest BCUT2D eigenvalue weighted by molar-refractivity contribution is -0.137. The molecule has 4 rings (SSSR count). The summed E-state index contributed by atoms with van der Waals surface area (Å²) in [6, 6.07) is 21.9. The Labute approximate surface area is 207 Å². The molecule has 0 atom stereocenters. The fraction of sp³-hybridized carbons (Fsp3) is 0.241. The fourth-order valence-electron chi connectivity index (χ4n) is 4.37. The lowest BCUT2D eigenvalue weighted by Crippen LogP contribution is -2.35. The van der Waals surface area contributed by atoms with Crippen molar-refractivity contribution in [1.82, 2.24) is 4.57 Å². The second kappa shape index (κ2) is 9.64. The van der Waals surface area contributed by atoms with Gasteiger partial charge in [-0.15, -0.1) is 0 Å². The van der Waals surface area contributed by atoms with Gasteiger partial charge in [-0.2, -0.15) is 13.2 Å². The van der Waals surface area contributed by atoms with Crippen LogP contribution in [0.4, 0.5) is 13.2 Å². The van der Waals surface area contributed by atoms with Crippen LogP contribution in [0.2, 0.25) is 0 Å². The Balaban J connectivity index is 1.97. The molecule has 0 aliphatic carbocycles. The normalized spacial score (nSPS) is 12.1. The molecular weight excluding hydrogens is 465 g/mol. The van der Waals surface area contributed by atoms with E-state index < -0.39 is 23.1 Å². The number of halogens is 3. The Bertz CT molecular complexity index is 1410. The smallest absolute Gasteiger partial charge is 0.369 e. The third-order valence-electron chi connectivity index (χ3n) is 6.42. The van der Waals surface area contributed by atoms with Crippen LogP contribution in [0.25, 0.3) is 22.2 Å². The summed E-state index contributed by atoms with van der Waals surface area (Å²) in [6.07, 6.45) is -4.00. The summed E-state index contributed by atoms with van der Waals surface area (Å²) >= 11 is 0. The first-order valence-corrected chi connectivity index (χ1v) is 11.6. The highest BCUT2D eigenvalue weighted by molar-refractivity contribution is 6.14. The first kappa shape index (κ1) is 25.2. The van der Waals surface area contributed by atoms with Crippen molar-refractivity contribution in [2.45, 2.75) is 39.4 Å². The molecular formula is C29H27F3N2O2. The minimum Gasteiger partial charge on any atom is -0.369 e. The molecule has 7 heteroatoms. The van der Waals surface area contributed by atoms with Crippen LogP contribution in [0.3, 0.4) is 0 Å². The van der Waals surface area contributed by atoms with Crippen LogP contribution in [0.5, 0.6) is 0 Å². The van der Waals surface area contributed by atoms with Gasteiger partial charge in [-0.05, 0) is 49.6 Å². The van der Waals surface area contributed by atoms with E-state index >= 15 is 0 Å². The Morgan fingerprint density at radius 2 is 1.50 bits per heavy atom. The van der Waals surface area contributed by atoms with Crippen LogP contribution in [-0.4, -0.2) is 16.3 Å². The van der Waals surface area contributed by atoms with E-state index in [2.05, 4.69) is 0 Å². The molecule has 1 aromatic heterocycles. The quantitative estimate of drug-likeness (QED) is 0.280. The van der Waals surface area contributed by atoms with E-state index in [4.69, 9.17) is 5.73 Å². The largest absolute Gasteiger partial charge is 0.416 e. The van der Waals surface area contributed by atoms with Gasteiger partial charge in [0.2, 0.25) is 5.91 Å². The molecule has 0 radical (unpaired) electrons. The summed E-state index contributed by atoms with van der Waals surface area (Å²) in [5.74, 6) is -0.815. The molecule has 0 aliphatic rings. The topological polar surface area (TPSA) is 65.1 Å². The van der Waals surface area contributed by atoms with E-state index in [1.54, 1.807) is 42.7 Å². The Morgan fingerprint density at radius 3 is 2.08 bits per heavy atom. The monoisotopic (exact) mass is 492 g/mol. The van der Waals surface area contributed by atoms with E-state index in [0.717, 1.165) is 17.7 Å². The molecule has 1 amide bonds. The molecule has 0 bridgehead atoms. The number of Topliss-reactive ketones (excluding diaryl/α,β-unsaturated/α-hetero) is 1. The SMILES string of the molecule is CC(C)(Cn1c(-c2ccccc2)c(C(=O)CCc2ccccc2)c2cc(C(F)(F)F)ccc21)C(N)=O. The highest BCUT2D eigenvalue weighted by Gasteiger charge is 2.34. The van der Waals surface area contributed by atoms with E-state index in [9.17, 15) is 22.8 Å². The summed E-state index contributed by atoms with van der Waals surface area (Å²) in [6.45, 7) is 3.45. The zero-order valence-corrected chi connectivity index (χ0v) is 20.1. The number of carbonyl (C=O) groups excluding carboxylic acids is 2. The lowest BCUT2D eigenvalue weighted by atomic mass is 9.92. The minimum absolute atomic E-state index is 0.0976. The van der Waals surface area contributed by atoms with Crippen LogP contribution in [0.15, 0.2) is 78.9 Å². The predicted octanol–water partition coefficient (Wildman–Crippen LogP) is 6.65. The molecule has 0 unspecified atom stereocenters. The van der Waals surface area contributed by atoms with Crippen molar-refractivity contribution in [3.8, 4) is 11.3 Å². The van der Waals surface area contributed by atoms with Crippen molar-refractivity contribution in [2.75, 3.05) is 0 Å². The number of aromatic nitrogens is 1. The van der Waals surface area contributed by atoms with Crippen LogP contribution >= 0.6 is 0 Å². The molecule has 36 heavy (non-hydrogen) atoms. The summed E-state index contributed by atoms with van der Waals surface area (Å²) in [5, 5.41) is 0.210. The van der Waals surface area contributed by atoms with E-state index in [0.29, 0.717) is 23.2 Å². The summed E-state index contributed by atoms with van der Waals surface area (Å²) in [4.78, 5) is 25.9. The summed E-state index contributed by atoms with van der Waals surface area (Å²) < 4.78 is 42.8. The first-order valence-electron chi connectivity index (χ1n) is 11.6. The van der Waals surface area contributed by atoms with Crippen LogP contribution in [0.1, 0.15) is 41.8 Å². The van der Waals surface area contributed by atoms with Gasteiger partial charge in [-0.3, -0.25) is 9.59 Å². The number of nitrogens with two attached hydrogens (primary N) is 1. The number of primary amides is 1.